The lowest BCUT2D eigenvalue weighted by atomic mass is 9.69. The monoisotopic (exact) mass is 278 g/mol. The third kappa shape index (κ3) is 5.60. The third-order valence-electron chi connectivity index (χ3n) is 3.46. The van der Waals surface area contributed by atoms with Crippen molar-refractivity contribution in [2.75, 3.05) is 5.75 Å². The zero-order valence-electron chi connectivity index (χ0n) is 13.7. The van der Waals surface area contributed by atoms with E-state index in [2.05, 4.69) is 72.7 Å². The molecule has 0 aliphatic heterocycles. The van der Waals surface area contributed by atoms with Crippen LogP contribution in [0.2, 0.25) is 0 Å². The van der Waals surface area contributed by atoms with Crippen molar-refractivity contribution in [3.63, 3.8) is 0 Å². The molecule has 0 saturated heterocycles. The van der Waals surface area contributed by atoms with Crippen molar-refractivity contribution in [1.29, 1.82) is 0 Å². The lowest BCUT2D eigenvalue weighted by Gasteiger charge is -2.36. The number of rotatable bonds is 4. The number of hydrogen-bond donors (Lipinski definition) is 0. The summed E-state index contributed by atoms with van der Waals surface area (Å²) in [5.74, 6) is 1.76. The van der Waals surface area contributed by atoms with Gasteiger partial charge in [0.15, 0.2) is 0 Å². The van der Waals surface area contributed by atoms with E-state index in [4.69, 9.17) is 0 Å². The molecule has 108 valence electrons. The second-order valence-electron chi connectivity index (χ2n) is 7.69. The average molecular weight is 279 g/mol. The molecule has 1 heteroatoms. The molecule has 0 spiro atoms. The first-order valence-corrected chi connectivity index (χ1v) is 8.35. The van der Waals surface area contributed by atoms with Crippen molar-refractivity contribution < 1.29 is 0 Å². The fraction of sp³-hybridized carbons (Fsp3) is 0.667. The summed E-state index contributed by atoms with van der Waals surface area (Å²) in [5.41, 5.74) is 2.17. The second kappa shape index (κ2) is 6.35. The first-order valence-electron chi connectivity index (χ1n) is 7.36. The maximum Gasteiger partial charge on any atom is 0.00720 e. The van der Waals surface area contributed by atoms with E-state index in [9.17, 15) is 0 Å². The van der Waals surface area contributed by atoms with Crippen LogP contribution in [-0.4, -0.2) is 5.75 Å². The molecule has 0 heterocycles. The van der Waals surface area contributed by atoms with Crippen LogP contribution in [0.25, 0.3) is 0 Å². The number of benzene rings is 1. The molecule has 0 saturated carbocycles. The highest BCUT2D eigenvalue weighted by atomic mass is 32.2. The Morgan fingerprint density at radius 2 is 1.47 bits per heavy atom. The fourth-order valence-electron chi connectivity index (χ4n) is 2.50. The Kier molecular flexibility index (Phi) is 5.55. The van der Waals surface area contributed by atoms with Crippen LogP contribution in [0.15, 0.2) is 29.2 Å². The smallest absolute Gasteiger partial charge is 0.00720 e. The van der Waals surface area contributed by atoms with Crippen molar-refractivity contribution in [3.05, 3.63) is 29.8 Å². The van der Waals surface area contributed by atoms with Crippen LogP contribution in [0, 0.1) is 10.8 Å². The average Bonchev–Trinajstić information content (AvgIpc) is 2.25. The minimum atomic E-state index is 0.312. The third-order valence-corrected chi connectivity index (χ3v) is 4.35. The van der Waals surface area contributed by atoms with Crippen LogP contribution < -0.4 is 0 Å². The van der Waals surface area contributed by atoms with E-state index in [1.165, 1.54) is 16.9 Å². The van der Waals surface area contributed by atoms with Crippen molar-refractivity contribution in [2.45, 2.75) is 65.7 Å². The van der Waals surface area contributed by atoms with E-state index in [1.54, 1.807) is 0 Å². The summed E-state index contributed by atoms with van der Waals surface area (Å²) in [6, 6.07) is 9.23. The van der Waals surface area contributed by atoms with Gasteiger partial charge in [-0.25, -0.2) is 0 Å². The van der Waals surface area contributed by atoms with Crippen LogP contribution >= 0.6 is 11.8 Å². The van der Waals surface area contributed by atoms with E-state index >= 15 is 0 Å². The molecule has 1 aromatic rings. The summed E-state index contributed by atoms with van der Waals surface area (Å²) >= 11 is 1.92. The predicted octanol–water partition coefficient (Wildman–Crippen LogP) is 6.36. The van der Waals surface area contributed by atoms with Gasteiger partial charge in [-0.15, -0.1) is 11.8 Å². The minimum absolute atomic E-state index is 0.312. The maximum atomic E-state index is 2.36. The summed E-state index contributed by atoms with van der Waals surface area (Å²) in [6.07, 6.45) is 1.23. The maximum absolute atomic E-state index is 2.36. The topological polar surface area (TPSA) is 0 Å². The number of thioether (sulfide) groups is 1. The summed E-state index contributed by atoms with van der Waals surface area (Å²) in [4.78, 5) is 1.38. The van der Waals surface area contributed by atoms with E-state index in [0.29, 0.717) is 16.7 Å². The van der Waals surface area contributed by atoms with Crippen LogP contribution in [-0.2, 0) is 0 Å². The van der Waals surface area contributed by atoms with Gasteiger partial charge in [-0.1, -0.05) is 60.6 Å². The van der Waals surface area contributed by atoms with E-state index in [-0.39, 0.29) is 0 Å². The Morgan fingerprint density at radius 1 is 0.947 bits per heavy atom. The largest absolute Gasteiger partial charge is 0.126 e. The summed E-state index contributed by atoms with van der Waals surface area (Å²) in [7, 11) is 0. The SMILES string of the molecule is CCSc1ccc(C(CC(C)(C)C)C(C)(C)C)cc1. The zero-order valence-corrected chi connectivity index (χ0v) is 14.5. The van der Waals surface area contributed by atoms with Crippen LogP contribution in [0.3, 0.4) is 0 Å². The molecule has 1 aromatic carbocycles. The van der Waals surface area contributed by atoms with Crippen LogP contribution in [0.1, 0.15) is 66.4 Å². The van der Waals surface area contributed by atoms with Gasteiger partial charge in [0.2, 0.25) is 0 Å². The van der Waals surface area contributed by atoms with Gasteiger partial charge < -0.3 is 0 Å². The normalized spacial score (nSPS) is 14.5. The van der Waals surface area contributed by atoms with Gasteiger partial charge in [0, 0.05) is 4.90 Å². The predicted molar refractivity (Wildman–Crippen MR) is 89.1 cm³/mol. The first-order chi connectivity index (χ1) is 8.63. The second-order valence-corrected chi connectivity index (χ2v) is 9.02. The van der Waals surface area contributed by atoms with Crippen molar-refractivity contribution in [3.8, 4) is 0 Å². The lowest BCUT2D eigenvalue weighted by Crippen LogP contribution is -2.23. The molecule has 0 fully saturated rings. The van der Waals surface area contributed by atoms with Gasteiger partial charge in [0.05, 0.1) is 0 Å². The highest BCUT2D eigenvalue weighted by Crippen LogP contribution is 2.43. The number of hydrogen-bond acceptors (Lipinski definition) is 1. The van der Waals surface area contributed by atoms with E-state index in [0.717, 1.165) is 5.75 Å². The molecule has 0 N–H and O–H groups in total. The first kappa shape index (κ1) is 16.6. The zero-order chi connectivity index (χ0) is 14.7. The van der Waals surface area contributed by atoms with E-state index in [1.807, 2.05) is 11.8 Å². The van der Waals surface area contributed by atoms with Gasteiger partial charge in [0.1, 0.15) is 0 Å². The molecule has 0 nitrogen and oxygen atoms in total. The molecule has 19 heavy (non-hydrogen) atoms. The quantitative estimate of drug-likeness (QED) is 0.577. The van der Waals surface area contributed by atoms with Crippen molar-refractivity contribution >= 4 is 11.8 Å². The Balaban J connectivity index is 2.98. The summed E-state index contributed by atoms with van der Waals surface area (Å²) in [6.45, 7) is 16.3. The van der Waals surface area contributed by atoms with Gasteiger partial charge in [-0.3, -0.25) is 0 Å². The van der Waals surface area contributed by atoms with Gasteiger partial charge >= 0.3 is 0 Å². The summed E-state index contributed by atoms with van der Waals surface area (Å²) < 4.78 is 0. The molecule has 0 amide bonds. The van der Waals surface area contributed by atoms with Crippen molar-refractivity contribution in [2.24, 2.45) is 10.8 Å². The lowest BCUT2D eigenvalue weighted by molar-refractivity contribution is 0.229. The molecule has 0 radical (unpaired) electrons. The molecule has 0 aliphatic rings. The van der Waals surface area contributed by atoms with Gasteiger partial charge in [-0.05, 0) is 46.6 Å². The van der Waals surface area contributed by atoms with Crippen molar-refractivity contribution in [1.82, 2.24) is 0 Å². The molecule has 1 rings (SSSR count). The van der Waals surface area contributed by atoms with Gasteiger partial charge in [-0.2, -0.15) is 0 Å². The Hall–Kier alpha value is -0.430. The Bertz CT molecular complexity index is 376. The highest BCUT2D eigenvalue weighted by Gasteiger charge is 2.30. The molecule has 1 unspecified atom stereocenters. The van der Waals surface area contributed by atoms with Crippen LogP contribution in [0.4, 0.5) is 0 Å². The Morgan fingerprint density at radius 3 is 1.84 bits per heavy atom. The molecule has 0 bridgehead atoms. The standard InChI is InChI=1S/C18H30S/c1-8-19-15-11-9-14(10-12-15)16(18(5,6)7)13-17(2,3)4/h9-12,16H,8,13H2,1-7H3. The molecular weight excluding hydrogens is 248 g/mol. The molecule has 1 atom stereocenters. The molecule has 0 aromatic heterocycles. The van der Waals surface area contributed by atoms with Crippen LogP contribution in [0.5, 0.6) is 0 Å². The minimum Gasteiger partial charge on any atom is -0.126 e. The van der Waals surface area contributed by atoms with E-state index < -0.39 is 0 Å². The van der Waals surface area contributed by atoms with Gasteiger partial charge in [0.25, 0.3) is 0 Å². The molecular formula is C18H30S. The molecule has 0 aliphatic carbocycles. The fourth-order valence-corrected chi connectivity index (χ4v) is 3.16. The summed E-state index contributed by atoms with van der Waals surface area (Å²) in [5, 5.41) is 0. The highest BCUT2D eigenvalue weighted by molar-refractivity contribution is 7.99. The Labute approximate surface area is 124 Å².